The van der Waals surface area contributed by atoms with Crippen LogP contribution in [0.5, 0.6) is 0 Å². The van der Waals surface area contributed by atoms with E-state index in [-0.39, 0.29) is 5.91 Å². The summed E-state index contributed by atoms with van der Waals surface area (Å²) in [6, 6.07) is 26.5. The predicted molar refractivity (Wildman–Crippen MR) is 105 cm³/mol. The quantitative estimate of drug-likeness (QED) is 0.771. The van der Waals surface area contributed by atoms with Crippen molar-refractivity contribution in [3.8, 4) is 0 Å². The Morgan fingerprint density at radius 2 is 1.54 bits per heavy atom. The van der Waals surface area contributed by atoms with Gasteiger partial charge in [0, 0.05) is 25.3 Å². The summed E-state index contributed by atoms with van der Waals surface area (Å²) >= 11 is 0. The third-order valence-corrected chi connectivity index (χ3v) is 4.92. The molecule has 1 amide bonds. The first kappa shape index (κ1) is 16.4. The van der Waals surface area contributed by atoms with Gasteiger partial charge in [0.2, 0.25) is 0 Å². The van der Waals surface area contributed by atoms with Crippen molar-refractivity contribution in [3.05, 3.63) is 101 Å². The van der Waals surface area contributed by atoms with Gasteiger partial charge in [-0.15, -0.1) is 0 Å². The lowest BCUT2D eigenvalue weighted by atomic mass is 9.98. The number of nitrogens with one attached hydrogen (secondary N) is 1. The summed E-state index contributed by atoms with van der Waals surface area (Å²) in [5, 5.41) is 3.05. The van der Waals surface area contributed by atoms with E-state index >= 15 is 0 Å². The van der Waals surface area contributed by atoms with Crippen LogP contribution in [0.3, 0.4) is 0 Å². The minimum absolute atomic E-state index is 0.0247. The summed E-state index contributed by atoms with van der Waals surface area (Å²) < 4.78 is 0. The van der Waals surface area contributed by atoms with Gasteiger partial charge >= 0.3 is 0 Å². The molecule has 3 aromatic rings. The van der Waals surface area contributed by atoms with E-state index in [1.54, 1.807) is 0 Å². The molecule has 0 bridgehead atoms. The normalized spacial score (nSPS) is 13.2. The Balaban J connectivity index is 1.53. The van der Waals surface area contributed by atoms with Crippen molar-refractivity contribution >= 4 is 11.6 Å². The zero-order valence-electron chi connectivity index (χ0n) is 14.7. The van der Waals surface area contributed by atoms with Crippen molar-refractivity contribution in [2.24, 2.45) is 0 Å². The number of nitrogens with zero attached hydrogens (tertiary/aromatic N) is 1. The molecule has 0 spiro atoms. The molecule has 3 nitrogen and oxygen atoms in total. The van der Waals surface area contributed by atoms with Gasteiger partial charge in [0.05, 0.1) is 5.56 Å². The van der Waals surface area contributed by atoms with E-state index in [1.165, 1.54) is 11.1 Å². The van der Waals surface area contributed by atoms with E-state index in [0.717, 1.165) is 36.3 Å². The standard InChI is InChI=1S/C23H22N2O/c26-23(24-16-18-8-2-1-3-9-18)21-12-6-7-13-22(21)25-15-14-19-10-4-5-11-20(19)17-25/h1-13H,14-17H2,(H,24,26). The molecule has 0 saturated heterocycles. The summed E-state index contributed by atoms with van der Waals surface area (Å²) in [6.07, 6.45) is 1.01. The molecular formula is C23H22N2O. The lowest BCUT2D eigenvalue weighted by molar-refractivity contribution is 0.0951. The maximum atomic E-state index is 12.8. The molecule has 3 heteroatoms. The summed E-state index contributed by atoms with van der Waals surface area (Å²) in [6.45, 7) is 2.32. The van der Waals surface area contributed by atoms with Crippen molar-refractivity contribution in [3.63, 3.8) is 0 Å². The highest BCUT2D eigenvalue weighted by Crippen LogP contribution is 2.27. The summed E-state index contributed by atoms with van der Waals surface area (Å²) in [5.74, 6) is -0.0247. The SMILES string of the molecule is O=C(NCc1ccccc1)c1ccccc1N1CCc2ccccc2C1. The second kappa shape index (κ2) is 7.44. The Kier molecular flexibility index (Phi) is 4.69. The molecule has 0 aliphatic carbocycles. The van der Waals surface area contributed by atoms with Crippen molar-refractivity contribution < 1.29 is 4.79 Å². The van der Waals surface area contributed by atoms with Crippen molar-refractivity contribution in [2.75, 3.05) is 11.4 Å². The van der Waals surface area contributed by atoms with Crippen LogP contribution in [0.15, 0.2) is 78.9 Å². The maximum Gasteiger partial charge on any atom is 0.253 e. The van der Waals surface area contributed by atoms with Crippen LogP contribution in [0.1, 0.15) is 27.0 Å². The Bertz CT molecular complexity index is 905. The third kappa shape index (κ3) is 3.47. The lowest BCUT2D eigenvalue weighted by Crippen LogP contribution is -2.33. The van der Waals surface area contributed by atoms with Crippen LogP contribution >= 0.6 is 0 Å². The van der Waals surface area contributed by atoms with Gasteiger partial charge in [-0.05, 0) is 35.2 Å². The van der Waals surface area contributed by atoms with Crippen molar-refractivity contribution in [1.82, 2.24) is 5.32 Å². The van der Waals surface area contributed by atoms with Crippen LogP contribution in [0.2, 0.25) is 0 Å². The molecular weight excluding hydrogens is 320 g/mol. The van der Waals surface area contributed by atoms with Crippen LogP contribution in [0.4, 0.5) is 5.69 Å². The minimum atomic E-state index is -0.0247. The largest absolute Gasteiger partial charge is 0.366 e. The highest BCUT2D eigenvalue weighted by Gasteiger charge is 2.20. The second-order valence-corrected chi connectivity index (χ2v) is 6.63. The zero-order valence-corrected chi connectivity index (χ0v) is 14.7. The van der Waals surface area contributed by atoms with Crippen molar-refractivity contribution in [2.45, 2.75) is 19.5 Å². The second-order valence-electron chi connectivity index (χ2n) is 6.63. The number of hydrogen-bond donors (Lipinski definition) is 1. The van der Waals surface area contributed by atoms with E-state index in [9.17, 15) is 4.79 Å². The lowest BCUT2D eigenvalue weighted by Gasteiger charge is -2.32. The number of anilines is 1. The van der Waals surface area contributed by atoms with Gasteiger partial charge in [-0.1, -0.05) is 66.7 Å². The van der Waals surface area contributed by atoms with Crippen LogP contribution in [-0.4, -0.2) is 12.5 Å². The average molecular weight is 342 g/mol. The van der Waals surface area contributed by atoms with E-state index in [1.807, 2.05) is 54.6 Å². The third-order valence-electron chi connectivity index (χ3n) is 4.92. The Morgan fingerprint density at radius 3 is 2.38 bits per heavy atom. The molecule has 0 fully saturated rings. The fraction of sp³-hybridized carbons (Fsp3) is 0.174. The molecule has 1 aliphatic heterocycles. The van der Waals surface area contributed by atoms with Crippen LogP contribution in [0, 0.1) is 0 Å². The van der Waals surface area contributed by atoms with Gasteiger partial charge in [-0.25, -0.2) is 0 Å². The molecule has 0 aromatic heterocycles. The van der Waals surface area contributed by atoms with E-state index < -0.39 is 0 Å². The summed E-state index contributed by atoms with van der Waals surface area (Å²) in [7, 11) is 0. The fourth-order valence-electron chi connectivity index (χ4n) is 3.52. The van der Waals surface area contributed by atoms with Gasteiger partial charge in [0.15, 0.2) is 0 Å². The number of carbonyl (C=O) groups excluding carboxylic acids is 1. The predicted octanol–water partition coefficient (Wildman–Crippen LogP) is 4.18. The number of carbonyl (C=O) groups is 1. The average Bonchev–Trinajstić information content (AvgIpc) is 2.72. The Morgan fingerprint density at radius 1 is 0.846 bits per heavy atom. The van der Waals surface area contributed by atoms with E-state index in [4.69, 9.17) is 0 Å². The first-order valence-corrected chi connectivity index (χ1v) is 9.04. The molecule has 0 radical (unpaired) electrons. The monoisotopic (exact) mass is 342 g/mol. The zero-order chi connectivity index (χ0) is 17.8. The van der Waals surface area contributed by atoms with Crippen LogP contribution < -0.4 is 10.2 Å². The van der Waals surface area contributed by atoms with Gasteiger partial charge in [0.25, 0.3) is 5.91 Å². The topological polar surface area (TPSA) is 32.3 Å². The fourth-order valence-corrected chi connectivity index (χ4v) is 3.52. The maximum absolute atomic E-state index is 12.8. The molecule has 0 atom stereocenters. The number of benzene rings is 3. The first-order chi connectivity index (χ1) is 12.8. The molecule has 1 aliphatic rings. The molecule has 1 N–H and O–H groups in total. The molecule has 130 valence electrons. The number of para-hydroxylation sites is 1. The number of amides is 1. The Hall–Kier alpha value is -3.07. The van der Waals surface area contributed by atoms with Gasteiger partial charge < -0.3 is 10.2 Å². The number of rotatable bonds is 4. The first-order valence-electron chi connectivity index (χ1n) is 9.04. The van der Waals surface area contributed by atoms with E-state index in [0.29, 0.717) is 6.54 Å². The van der Waals surface area contributed by atoms with E-state index in [2.05, 4.69) is 34.5 Å². The molecule has 3 aromatic carbocycles. The molecule has 1 heterocycles. The highest BCUT2D eigenvalue weighted by atomic mass is 16.1. The molecule has 0 unspecified atom stereocenters. The van der Waals surface area contributed by atoms with Crippen molar-refractivity contribution in [1.29, 1.82) is 0 Å². The molecule has 0 saturated carbocycles. The number of fused-ring (bicyclic) bond motifs is 1. The van der Waals surface area contributed by atoms with Crippen LogP contribution in [0.25, 0.3) is 0 Å². The number of hydrogen-bond acceptors (Lipinski definition) is 2. The summed E-state index contributed by atoms with van der Waals surface area (Å²) in [4.78, 5) is 15.1. The molecule has 26 heavy (non-hydrogen) atoms. The molecule has 4 rings (SSSR count). The minimum Gasteiger partial charge on any atom is -0.366 e. The highest BCUT2D eigenvalue weighted by molar-refractivity contribution is 5.99. The van der Waals surface area contributed by atoms with Gasteiger partial charge in [0.1, 0.15) is 0 Å². The Labute approximate surface area is 154 Å². The van der Waals surface area contributed by atoms with Crippen LogP contribution in [-0.2, 0) is 19.5 Å². The van der Waals surface area contributed by atoms with Gasteiger partial charge in [-0.2, -0.15) is 0 Å². The smallest absolute Gasteiger partial charge is 0.253 e. The summed E-state index contributed by atoms with van der Waals surface area (Å²) in [5.41, 5.74) is 5.61. The van der Waals surface area contributed by atoms with Gasteiger partial charge in [-0.3, -0.25) is 4.79 Å².